The number of benzene rings is 2. The molecule has 1 aliphatic rings. The Balaban J connectivity index is 1.94. The number of carbonyl (C=O) groups excluding carboxylic acids is 1. The van der Waals surface area contributed by atoms with Crippen LogP contribution in [0.5, 0.6) is 5.75 Å². The smallest absolute Gasteiger partial charge is 0.266 e. The number of hydrogen-bond donors (Lipinski definition) is 1. The van der Waals surface area contributed by atoms with E-state index in [2.05, 4.69) is 9.98 Å². The van der Waals surface area contributed by atoms with E-state index < -0.39 is 5.54 Å². The van der Waals surface area contributed by atoms with Crippen molar-refractivity contribution in [2.24, 2.45) is 10.7 Å². The predicted molar refractivity (Wildman–Crippen MR) is 113 cm³/mol. The second-order valence-electron chi connectivity index (χ2n) is 7.02. The van der Waals surface area contributed by atoms with Crippen molar-refractivity contribution in [3.63, 3.8) is 0 Å². The Morgan fingerprint density at radius 2 is 1.76 bits per heavy atom. The number of methoxy groups -OCH3 is 1. The number of hydrogen-bond acceptors (Lipinski definition) is 5. The Kier molecular flexibility index (Phi) is 4.54. The molecular formula is C23H22N4O2. The summed E-state index contributed by atoms with van der Waals surface area (Å²) in [6, 6.07) is 19.2. The molecule has 1 atom stereocenters. The number of aromatic nitrogens is 1. The maximum Gasteiger partial charge on any atom is 0.266 e. The molecule has 0 radical (unpaired) electrons. The summed E-state index contributed by atoms with van der Waals surface area (Å²) in [5.41, 5.74) is 8.91. The number of rotatable bonds is 4. The number of aryl methyl sites for hydroxylation is 1. The van der Waals surface area contributed by atoms with Gasteiger partial charge in [0.1, 0.15) is 5.75 Å². The normalized spacial score (nSPS) is 18.7. The minimum atomic E-state index is -1.26. The topological polar surface area (TPSA) is 80.8 Å². The Bertz CT molecular complexity index is 1110. The first-order valence-corrected chi connectivity index (χ1v) is 9.28. The molecule has 3 aromatic rings. The van der Waals surface area contributed by atoms with E-state index in [0.717, 1.165) is 28.1 Å². The van der Waals surface area contributed by atoms with Crippen molar-refractivity contribution < 1.29 is 9.53 Å². The molecule has 2 aromatic carbocycles. The van der Waals surface area contributed by atoms with Gasteiger partial charge in [-0.25, -0.2) is 4.99 Å². The van der Waals surface area contributed by atoms with Gasteiger partial charge in [-0.3, -0.25) is 14.7 Å². The van der Waals surface area contributed by atoms with Crippen LogP contribution in [0.4, 0.5) is 0 Å². The van der Waals surface area contributed by atoms with Crippen molar-refractivity contribution in [3.05, 3.63) is 83.6 Å². The molecule has 6 nitrogen and oxygen atoms in total. The Morgan fingerprint density at radius 3 is 2.38 bits per heavy atom. The van der Waals surface area contributed by atoms with E-state index in [1.807, 2.05) is 67.6 Å². The molecule has 2 heterocycles. The lowest BCUT2D eigenvalue weighted by Gasteiger charge is -2.27. The summed E-state index contributed by atoms with van der Waals surface area (Å²) < 4.78 is 5.38. The van der Waals surface area contributed by atoms with Crippen LogP contribution in [-0.2, 0) is 10.3 Å². The monoisotopic (exact) mass is 386 g/mol. The van der Waals surface area contributed by atoms with E-state index in [1.165, 1.54) is 4.90 Å². The maximum absolute atomic E-state index is 13.4. The number of nitrogens with zero attached hydrogens (tertiary/aromatic N) is 3. The van der Waals surface area contributed by atoms with Gasteiger partial charge in [0, 0.05) is 18.8 Å². The molecule has 1 unspecified atom stereocenters. The van der Waals surface area contributed by atoms with Crippen LogP contribution in [0.15, 0.2) is 71.9 Å². The van der Waals surface area contributed by atoms with Crippen LogP contribution >= 0.6 is 0 Å². The van der Waals surface area contributed by atoms with E-state index in [1.54, 1.807) is 20.4 Å². The molecule has 29 heavy (non-hydrogen) atoms. The standard InChI is InChI=1S/C23H22N4O2/c1-15-13-17(9-10-20(15)29-3)23(21(28)27(2)22(24)26-23)18-11-12-25-19(14-18)16-7-5-4-6-8-16/h4-14H,1-3H3,(H2,24,26). The fraction of sp³-hybridized carbons (Fsp3) is 0.174. The average Bonchev–Trinajstić information content (AvgIpc) is 2.99. The Hall–Kier alpha value is -3.67. The zero-order valence-electron chi connectivity index (χ0n) is 16.6. The molecule has 1 aromatic heterocycles. The van der Waals surface area contributed by atoms with Gasteiger partial charge in [0.2, 0.25) is 0 Å². The summed E-state index contributed by atoms with van der Waals surface area (Å²) >= 11 is 0. The number of pyridine rings is 1. The molecule has 0 fully saturated rings. The first-order chi connectivity index (χ1) is 14.0. The second kappa shape index (κ2) is 7.05. The van der Waals surface area contributed by atoms with Gasteiger partial charge in [-0.05, 0) is 47.9 Å². The zero-order chi connectivity index (χ0) is 20.6. The van der Waals surface area contributed by atoms with Crippen LogP contribution in [0.2, 0.25) is 0 Å². The molecule has 0 saturated heterocycles. The highest BCUT2D eigenvalue weighted by molar-refractivity contribution is 6.09. The molecule has 0 bridgehead atoms. The fourth-order valence-electron chi connectivity index (χ4n) is 3.71. The van der Waals surface area contributed by atoms with Crippen molar-refractivity contribution in [2.75, 3.05) is 14.2 Å². The summed E-state index contributed by atoms with van der Waals surface area (Å²) in [6.45, 7) is 1.94. The lowest BCUT2D eigenvalue weighted by atomic mass is 9.82. The average molecular weight is 386 g/mol. The van der Waals surface area contributed by atoms with Crippen molar-refractivity contribution in [1.82, 2.24) is 9.88 Å². The number of aliphatic imine (C=N–C) groups is 1. The lowest BCUT2D eigenvalue weighted by Crippen LogP contribution is -2.41. The van der Waals surface area contributed by atoms with Crippen LogP contribution in [0.1, 0.15) is 16.7 Å². The van der Waals surface area contributed by atoms with Gasteiger partial charge in [-0.15, -0.1) is 0 Å². The van der Waals surface area contributed by atoms with E-state index in [9.17, 15) is 4.79 Å². The fourth-order valence-corrected chi connectivity index (χ4v) is 3.71. The predicted octanol–water partition coefficient (Wildman–Crippen LogP) is 3.10. The summed E-state index contributed by atoms with van der Waals surface area (Å²) in [5, 5.41) is 0. The number of guanidine groups is 1. The molecule has 2 N–H and O–H groups in total. The third-order valence-electron chi connectivity index (χ3n) is 5.30. The third kappa shape index (κ3) is 2.93. The summed E-state index contributed by atoms with van der Waals surface area (Å²) in [4.78, 5) is 24.0. The van der Waals surface area contributed by atoms with Gasteiger partial charge in [0.25, 0.3) is 5.91 Å². The van der Waals surface area contributed by atoms with E-state index >= 15 is 0 Å². The molecule has 4 rings (SSSR count). The molecule has 0 saturated carbocycles. The van der Waals surface area contributed by atoms with Crippen LogP contribution in [0, 0.1) is 6.92 Å². The van der Waals surface area contributed by atoms with Crippen molar-refractivity contribution in [3.8, 4) is 17.0 Å². The number of carbonyl (C=O) groups is 1. The number of likely N-dealkylation sites (N-methyl/N-ethyl adjacent to an activating group) is 1. The third-order valence-corrected chi connectivity index (χ3v) is 5.30. The first-order valence-electron chi connectivity index (χ1n) is 9.28. The Morgan fingerprint density at radius 1 is 1.03 bits per heavy atom. The molecule has 1 aliphatic heterocycles. The zero-order valence-corrected chi connectivity index (χ0v) is 16.6. The number of nitrogens with two attached hydrogens (primary N) is 1. The Labute approximate surface area is 169 Å². The van der Waals surface area contributed by atoms with Gasteiger partial charge in [-0.1, -0.05) is 36.4 Å². The molecule has 1 amide bonds. The quantitative estimate of drug-likeness (QED) is 0.747. The van der Waals surface area contributed by atoms with E-state index in [-0.39, 0.29) is 11.9 Å². The van der Waals surface area contributed by atoms with Crippen LogP contribution in [0.3, 0.4) is 0 Å². The van der Waals surface area contributed by atoms with Gasteiger partial charge >= 0.3 is 0 Å². The molecule has 6 heteroatoms. The number of ether oxygens (including phenoxy) is 1. The van der Waals surface area contributed by atoms with E-state index in [0.29, 0.717) is 5.56 Å². The summed E-state index contributed by atoms with van der Waals surface area (Å²) in [7, 11) is 3.26. The minimum Gasteiger partial charge on any atom is -0.496 e. The van der Waals surface area contributed by atoms with Crippen LogP contribution in [0.25, 0.3) is 11.3 Å². The highest BCUT2D eigenvalue weighted by Crippen LogP contribution is 2.41. The van der Waals surface area contributed by atoms with Crippen molar-refractivity contribution in [2.45, 2.75) is 12.5 Å². The first kappa shape index (κ1) is 18.7. The van der Waals surface area contributed by atoms with E-state index in [4.69, 9.17) is 10.5 Å². The minimum absolute atomic E-state index is 0.182. The largest absolute Gasteiger partial charge is 0.496 e. The molecular weight excluding hydrogens is 364 g/mol. The maximum atomic E-state index is 13.4. The van der Waals surface area contributed by atoms with Crippen molar-refractivity contribution >= 4 is 11.9 Å². The summed E-state index contributed by atoms with van der Waals surface area (Å²) in [5.74, 6) is 0.727. The highest BCUT2D eigenvalue weighted by atomic mass is 16.5. The highest BCUT2D eigenvalue weighted by Gasteiger charge is 2.49. The SMILES string of the molecule is COc1ccc(C2(c3ccnc(-c4ccccc4)c3)N=C(N)N(C)C2=O)cc1C. The van der Waals surface area contributed by atoms with Crippen LogP contribution in [-0.4, -0.2) is 35.9 Å². The molecule has 0 spiro atoms. The van der Waals surface area contributed by atoms with Crippen molar-refractivity contribution in [1.29, 1.82) is 0 Å². The summed E-state index contributed by atoms with van der Waals surface area (Å²) in [6.07, 6.45) is 1.70. The molecule has 146 valence electrons. The van der Waals surface area contributed by atoms with Gasteiger partial charge in [0.05, 0.1) is 12.8 Å². The van der Waals surface area contributed by atoms with Gasteiger partial charge in [-0.2, -0.15) is 0 Å². The lowest BCUT2D eigenvalue weighted by molar-refractivity contribution is -0.129. The van der Waals surface area contributed by atoms with Crippen LogP contribution < -0.4 is 10.5 Å². The van der Waals surface area contributed by atoms with Gasteiger partial charge in [0.15, 0.2) is 11.5 Å². The number of amides is 1. The van der Waals surface area contributed by atoms with Gasteiger partial charge < -0.3 is 10.5 Å². The second-order valence-corrected chi connectivity index (χ2v) is 7.02. The molecule has 0 aliphatic carbocycles.